The summed E-state index contributed by atoms with van der Waals surface area (Å²) in [5.41, 5.74) is 1.50. The van der Waals surface area contributed by atoms with Crippen LogP contribution in [0.15, 0.2) is 48.5 Å². The predicted octanol–water partition coefficient (Wildman–Crippen LogP) is 2.69. The summed E-state index contributed by atoms with van der Waals surface area (Å²) in [5, 5.41) is 2.94. The summed E-state index contributed by atoms with van der Waals surface area (Å²) in [6.45, 7) is 2.14. The number of methoxy groups -OCH3 is 1. The molecule has 0 spiro atoms. The van der Waals surface area contributed by atoms with Crippen molar-refractivity contribution in [2.45, 2.75) is 19.4 Å². The van der Waals surface area contributed by atoms with Gasteiger partial charge >= 0.3 is 0 Å². The molecule has 6 heteroatoms. The quantitative estimate of drug-likeness (QED) is 0.896. The van der Waals surface area contributed by atoms with E-state index in [-0.39, 0.29) is 30.8 Å². The van der Waals surface area contributed by atoms with Crippen molar-refractivity contribution in [2.24, 2.45) is 0 Å². The van der Waals surface area contributed by atoms with Crippen molar-refractivity contribution in [3.8, 4) is 11.5 Å². The molecule has 0 bridgehead atoms. The molecule has 0 radical (unpaired) electrons. The van der Waals surface area contributed by atoms with Gasteiger partial charge < -0.3 is 14.8 Å². The number of fused-ring (bicyclic) bond motifs is 1. The van der Waals surface area contributed by atoms with Crippen LogP contribution < -0.4 is 19.7 Å². The first-order chi connectivity index (χ1) is 12.6. The van der Waals surface area contributed by atoms with Gasteiger partial charge in [0.15, 0.2) is 0 Å². The number of carbonyl (C=O) groups is 2. The van der Waals surface area contributed by atoms with Gasteiger partial charge in [-0.1, -0.05) is 30.3 Å². The van der Waals surface area contributed by atoms with Gasteiger partial charge in [-0.3, -0.25) is 14.5 Å². The fourth-order valence-electron chi connectivity index (χ4n) is 3.03. The summed E-state index contributed by atoms with van der Waals surface area (Å²) in [5.74, 6) is 0.956. The Labute approximate surface area is 152 Å². The molecule has 1 atom stereocenters. The number of benzene rings is 2. The minimum atomic E-state index is -0.243. The van der Waals surface area contributed by atoms with E-state index in [0.29, 0.717) is 23.8 Å². The number of ether oxygens (including phenoxy) is 2. The SMILES string of the molecule is COc1ccccc1C(C)NC(=O)CN1C(=O)CCOc2ccccc21. The molecule has 0 aliphatic carbocycles. The Morgan fingerprint density at radius 3 is 2.77 bits per heavy atom. The van der Waals surface area contributed by atoms with Gasteiger partial charge in [0.2, 0.25) is 11.8 Å². The molecule has 0 saturated carbocycles. The van der Waals surface area contributed by atoms with Crippen molar-refractivity contribution in [3.63, 3.8) is 0 Å². The first kappa shape index (κ1) is 17.8. The summed E-state index contributed by atoms with van der Waals surface area (Å²) in [6, 6.07) is 14.5. The van der Waals surface area contributed by atoms with Crippen LogP contribution >= 0.6 is 0 Å². The van der Waals surface area contributed by atoms with E-state index in [1.165, 1.54) is 4.90 Å². The van der Waals surface area contributed by atoms with Gasteiger partial charge in [-0.2, -0.15) is 0 Å². The molecule has 3 rings (SSSR count). The second kappa shape index (κ2) is 7.91. The average Bonchev–Trinajstić information content (AvgIpc) is 2.81. The summed E-state index contributed by atoms with van der Waals surface area (Å²) in [4.78, 5) is 26.5. The molecule has 1 aliphatic rings. The fraction of sp³-hybridized carbons (Fsp3) is 0.300. The normalized spacial score (nSPS) is 14.7. The fourth-order valence-corrected chi connectivity index (χ4v) is 3.03. The number of rotatable bonds is 5. The monoisotopic (exact) mass is 354 g/mol. The van der Waals surface area contributed by atoms with Crippen LogP contribution in [0.25, 0.3) is 0 Å². The lowest BCUT2D eigenvalue weighted by molar-refractivity contribution is -0.124. The second-order valence-corrected chi connectivity index (χ2v) is 6.08. The Hall–Kier alpha value is -3.02. The van der Waals surface area contributed by atoms with Gasteiger partial charge in [-0.25, -0.2) is 0 Å². The lowest BCUT2D eigenvalue weighted by Gasteiger charge is -2.23. The van der Waals surface area contributed by atoms with Crippen molar-refractivity contribution < 1.29 is 19.1 Å². The molecule has 26 heavy (non-hydrogen) atoms. The van der Waals surface area contributed by atoms with Crippen LogP contribution in [0.4, 0.5) is 5.69 Å². The minimum Gasteiger partial charge on any atom is -0.496 e. The van der Waals surface area contributed by atoms with E-state index >= 15 is 0 Å². The zero-order chi connectivity index (χ0) is 18.5. The smallest absolute Gasteiger partial charge is 0.240 e. The molecule has 1 heterocycles. The van der Waals surface area contributed by atoms with Crippen LogP contribution in [0.5, 0.6) is 11.5 Å². The lowest BCUT2D eigenvalue weighted by atomic mass is 10.1. The maximum Gasteiger partial charge on any atom is 0.240 e. The first-order valence-corrected chi connectivity index (χ1v) is 8.54. The van der Waals surface area contributed by atoms with E-state index in [0.717, 1.165) is 5.56 Å². The highest BCUT2D eigenvalue weighted by Gasteiger charge is 2.25. The van der Waals surface area contributed by atoms with E-state index in [4.69, 9.17) is 9.47 Å². The van der Waals surface area contributed by atoms with Gasteiger partial charge in [0, 0.05) is 5.56 Å². The lowest BCUT2D eigenvalue weighted by Crippen LogP contribution is -2.41. The Kier molecular flexibility index (Phi) is 5.41. The largest absolute Gasteiger partial charge is 0.496 e. The third-order valence-electron chi connectivity index (χ3n) is 4.32. The highest BCUT2D eigenvalue weighted by atomic mass is 16.5. The molecule has 1 N–H and O–H groups in total. The Bertz CT molecular complexity index is 806. The highest BCUT2D eigenvalue weighted by molar-refractivity contribution is 6.00. The number of nitrogens with one attached hydrogen (secondary N) is 1. The van der Waals surface area contributed by atoms with Gasteiger partial charge in [-0.05, 0) is 25.1 Å². The topological polar surface area (TPSA) is 67.9 Å². The summed E-state index contributed by atoms with van der Waals surface area (Å²) >= 11 is 0. The third kappa shape index (κ3) is 3.79. The van der Waals surface area contributed by atoms with E-state index < -0.39 is 0 Å². The number of hydrogen-bond acceptors (Lipinski definition) is 4. The van der Waals surface area contributed by atoms with Crippen molar-refractivity contribution in [1.82, 2.24) is 5.32 Å². The summed E-state index contributed by atoms with van der Waals surface area (Å²) in [7, 11) is 1.60. The van der Waals surface area contributed by atoms with E-state index in [9.17, 15) is 9.59 Å². The van der Waals surface area contributed by atoms with Gasteiger partial charge in [0.1, 0.15) is 18.0 Å². The van der Waals surface area contributed by atoms with E-state index in [1.807, 2.05) is 43.3 Å². The number of carbonyl (C=O) groups excluding carboxylic acids is 2. The van der Waals surface area contributed by atoms with Crippen LogP contribution in [-0.2, 0) is 9.59 Å². The molecule has 0 saturated heterocycles. The van der Waals surface area contributed by atoms with Crippen LogP contribution in [0.1, 0.15) is 24.9 Å². The van der Waals surface area contributed by atoms with Crippen LogP contribution in [0.3, 0.4) is 0 Å². The Morgan fingerprint density at radius 2 is 1.96 bits per heavy atom. The van der Waals surface area contributed by atoms with Gasteiger partial charge in [0.25, 0.3) is 0 Å². The maximum absolute atomic E-state index is 12.6. The van der Waals surface area contributed by atoms with Crippen molar-refractivity contribution in [2.75, 3.05) is 25.2 Å². The summed E-state index contributed by atoms with van der Waals surface area (Å²) in [6.07, 6.45) is 0.240. The van der Waals surface area contributed by atoms with Gasteiger partial charge in [-0.15, -0.1) is 0 Å². The molecular formula is C20H22N2O4. The second-order valence-electron chi connectivity index (χ2n) is 6.08. The zero-order valence-electron chi connectivity index (χ0n) is 14.9. The number of para-hydroxylation sites is 3. The van der Waals surface area contributed by atoms with Gasteiger partial charge in [0.05, 0.1) is 31.9 Å². The van der Waals surface area contributed by atoms with Crippen molar-refractivity contribution in [3.05, 3.63) is 54.1 Å². The van der Waals surface area contributed by atoms with Crippen molar-refractivity contribution in [1.29, 1.82) is 0 Å². The molecule has 2 aromatic rings. The number of anilines is 1. The number of nitrogens with zero attached hydrogens (tertiary/aromatic N) is 1. The Balaban J connectivity index is 1.74. The first-order valence-electron chi connectivity index (χ1n) is 8.54. The molecule has 0 aromatic heterocycles. The highest BCUT2D eigenvalue weighted by Crippen LogP contribution is 2.31. The van der Waals surface area contributed by atoms with E-state index in [2.05, 4.69) is 5.32 Å². The Morgan fingerprint density at radius 1 is 1.23 bits per heavy atom. The van der Waals surface area contributed by atoms with E-state index in [1.54, 1.807) is 19.2 Å². The molecule has 2 amide bonds. The standard InChI is InChI=1S/C20H22N2O4/c1-14(15-7-3-5-9-17(15)25-2)21-19(23)13-22-16-8-4-6-10-18(16)26-12-11-20(22)24/h3-10,14H,11-13H2,1-2H3,(H,21,23). The zero-order valence-corrected chi connectivity index (χ0v) is 14.9. The van der Waals surface area contributed by atoms with Crippen LogP contribution in [-0.4, -0.2) is 32.1 Å². The number of hydrogen-bond donors (Lipinski definition) is 1. The molecule has 1 aliphatic heterocycles. The average molecular weight is 354 g/mol. The molecule has 2 aromatic carbocycles. The maximum atomic E-state index is 12.6. The number of amides is 2. The predicted molar refractivity (Wildman–Crippen MR) is 98.5 cm³/mol. The molecule has 136 valence electrons. The van der Waals surface area contributed by atoms with Crippen LogP contribution in [0, 0.1) is 0 Å². The summed E-state index contributed by atoms with van der Waals surface area (Å²) < 4.78 is 10.9. The molecule has 0 fully saturated rings. The molecular weight excluding hydrogens is 332 g/mol. The van der Waals surface area contributed by atoms with Crippen molar-refractivity contribution >= 4 is 17.5 Å². The van der Waals surface area contributed by atoms with Crippen LogP contribution in [0.2, 0.25) is 0 Å². The third-order valence-corrected chi connectivity index (χ3v) is 4.32. The molecule has 1 unspecified atom stereocenters. The molecule has 6 nitrogen and oxygen atoms in total. The minimum absolute atomic E-state index is 0.0568.